The molecule has 0 aliphatic heterocycles. The Bertz CT molecular complexity index is 893. The van der Waals surface area contributed by atoms with Gasteiger partial charge in [0.05, 0.1) is 5.56 Å². The molecule has 0 saturated heterocycles. The number of benzene rings is 1. The van der Waals surface area contributed by atoms with Crippen LogP contribution in [-0.2, 0) is 11.3 Å². The fourth-order valence-corrected chi connectivity index (χ4v) is 2.59. The predicted molar refractivity (Wildman–Crippen MR) is 105 cm³/mol. The van der Waals surface area contributed by atoms with Crippen molar-refractivity contribution < 1.29 is 14.4 Å². The van der Waals surface area contributed by atoms with Crippen molar-refractivity contribution in [2.45, 2.75) is 19.4 Å². The molecule has 0 radical (unpaired) electrons. The average Bonchev–Trinajstić information content (AvgIpc) is 2.71. The fraction of sp³-hybridized carbons (Fsp3) is 0.300. The van der Waals surface area contributed by atoms with Gasteiger partial charge in [0, 0.05) is 39.8 Å². The minimum atomic E-state index is -0.555. The van der Waals surface area contributed by atoms with Crippen molar-refractivity contribution in [3.8, 4) is 0 Å². The molecule has 0 bridgehead atoms. The van der Waals surface area contributed by atoms with Crippen LogP contribution < -0.4 is 16.2 Å². The van der Waals surface area contributed by atoms with Crippen LogP contribution in [0.2, 0.25) is 0 Å². The number of pyridine rings is 1. The number of carbonyl (C=O) groups is 3. The molecule has 0 aliphatic carbocycles. The summed E-state index contributed by atoms with van der Waals surface area (Å²) in [5, 5.41) is 5.17. The number of aromatic nitrogens is 1. The molecule has 1 heterocycles. The van der Waals surface area contributed by atoms with E-state index in [4.69, 9.17) is 0 Å². The Balaban J connectivity index is 2.03. The summed E-state index contributed by atoms with van der Waals surface area (Å²) in [6, 6.07) is 10.7. The van der Waals surface area contributed by atoms with Crippen LogP contribution in [0.15, 0.2) is 47.4 Å². The summed E-state index contributed by atoms with van der Waals surface area (Å²) in [4.78, 5) is 52.0. The maximum Gasteiger partial charge on any atom is 0.260 e. The number of hydrogen-bond donors (Lipinski definition) is 3. The van der Waals surface area contributed by atoms with Crippen LogP contribution in [0.4, 0.5) is 0 Å². The van der Waals surface area contributed by atoms with Gasteiger partial charge in [-0.25, -0.2) is 0 Å². The molecule has 2 rings (SSSR count). The molecule has 0 aliphatic rings. The summed E-state index contributed by atoms with van der Waals surface area (Å²) in [7, 11) is 3.15. The minimum absolute atomic E-state index is 0.101. The number of H-pyrrole nitrogens is 1. The smallest absolute Gasteiger partial charge is 0.260 e. The molecule has 3 N–H and O–H groups in total. The summed E-state index contributed by atoms with van der Waals surface area (Å²) in [6.45, 7) is 0.650. The Hall–Kier alpha value is -3.42. The van der Waals surface area contributed by atoms with Gasteiger partial charge in [-0.05, 0) is 18.1 Å². The number of amides is 3. The quantitative estimate of drug-likeness (QED) is 0.587. The van der Waals surface area contributed by atoms with Crippen molar-refractivity contribution in [3.63, 3.8) is 0 Å². The number of carbonyl (C=O) groups excluding carboxylic acids is 3. The Labute approximate surface area is 162 Å². The average molecular weight is 384 g/mol. The number of rotatable bonds is 8. The normalized spacial score (nSPS) is 10.2. The van der Waals surface area contributed by atoms with Crippen molar-refractivity contribution in [2.24, 2.45) is 0 Å². The van der Waals surface area contributed by atoms with Crippen LogP contribution in [0.25, 0.3) is 0 Å². The number of hydrogen-bond acceptors (Lipinski definition) is 4. The number of nitrogens with zero attached hydrogens (tertiary/aromatic N) is 1. The molecule has 0 fully saturated rings. The van der Waals surface area contributed by atoms with E-state index in [0.29, 0.717) is 25.9 Å². The van der Waals surface area contributed by atoms with Gasteiger partial charge in [-0.15, -0.1) is 0 Å². The lowest BCUT2D eigenvalue weighted by atomic mass is 10.1. The van der Waals surface area contributed by atoms with Gasteiger partial charge >= 0.3 is 0 Å². The number of nitrogens with one attached hydrogen (secondary N) is 3. The van der Waals surface area contributed by atoms with Gasteiger partial charge in [-0.1, -0.05) is 30.3 Å². The maximum absolute atomic E-state index is 12.6. The van der Waals surface area contributed by atoms with Crippen molar-refractivity contribution in [1.82, 2.24) is 20.5 Å². The van der Waals surface area contributed by atoms with Crippen LogP contribution in [0, 0.1) is 0 Å². The van der Waals surface area contributed by atoms with E-state index in [1.165, 1.54) is 17.2 Å². The molecule has 0 saturated carbocycles. The lowest BCUT2D eigenvalue weighted by Crippen LogP contribution is -2.33. The lowest BCUT2D eigenvalue weighted by Gasteiger charge is -2.17. The monoisotopic (exact) mass is 384 g/mol. The highest BCUT2D eigenvalue weighted by Crippen LogP contribution is 2.07. The van der Waals surface area contributed by atoms with Gasteiger partial charge in [0.25, 0.3) is 17.4 Å². The molecule has 8 nitrogen and oxygen atoms in total. The molecule has 0 unspecified atom stereocenters. The van der Waals surface area contributed by atoms with Crippen LogP contribution in [-0.4, -0.2) is 48.2 Å². The molecule has 0 spiro atoms. The van der Waals surface area contributed by atoms with Gasteiger partial charge < -0.3 is 20.5 Å². The number of aromatic amines is 1. The van der Waals surface area contributed by atoms with E-state index < -0.39 is 17.4 Å². The third kappa shape index (κ3) is 5.80. The highest BCUT2D eigenvalue weighted by molar-refractivity contribution is 5.99. The topological polar surface area (TPSA) is 111 Å². The minimum Gasteiger partial charge on any atom is -0.359 e. The highest BCUT2D eigenvalue weighted by Gasteiger charge is 2.18. The predicted octanol–water partition coefficient (Wildman–Crippen LogP) is 0.903. The second-order valence-corrected chi connectivity index (χ2v) is 6.31. The van der Waals surface area contributed by atoms with E-state index in [0.717, 1.165) is 5.56 Å². The molecule has 1 aromatic carbocycles. The van der Waals surface area contributed by atoms with E-state index in [1.807, 2.05) is 30.3 Å². The first-order chi connectivity index (χ1) is 13.4. The van der Waals surface area contributed by atoms with Crippen LogP contribution in [0.5, 0.6) is 0 Å². The van der Waals surface area contributed by atoms with Gasteiger partial charge in [-0.2, -0.15) is 0 Å². The Morgan fingerprint density at radius 2 is 1.86 bits per heavy atom. The van der Waals surface area contributed by atoms with Crippen LogP contribution in [0.3, 0.4) is 0 Å². The fourth-order valence-electron chi connectivity index (χ4n) is 2.59. The van der Waals surface area contributed by atoms with Crippen LogP contribution in [0.1, 0.15) is 39.1 Å². The maximum atomic E-state index is 12.6. The summed E-state index contributed by atoms with van der Waals surface area (Å²) < 4.78 is 0. The Morgan fingerprint density at radius 3 is 2.54 bits per heavy atom. The van der Waals surface area contributed by atoms with E-state index in [1.54, 1.807) is 14.1 Å². The first-order valence-corrected chi connectivity index (χ1v) is 8.93. The van der Waals surface area contributed by atoms with Crippen LogP contribution >= 0.6 is 0 Å². The zero-order chi connectivity index (χ0) is 20.5. The molecule has 1 aromatic heterocycles. The molecule has 28 heavy (non-hydrogen) atoms. The summed E-state index contributed by atoms with van der Waals surface area (Å²) in [5.74, 6) is -1.00. The second kappa shape index (κ2) is 10.1. The van der Waals surface area contributed by atoms with E-state index in [-0.39, 0.29) is 17.0 Å². The second-order valence-electron chi connectivity index (χ2n) is 6.31. The largest absolute Gasteiger partial charge is 0.359 e. The van der Waals surface area contributed by atoms with Crippen molar-refractivity contribution in [3.05, 3.63) is 69.6 Å². The highest BCUT2D eigenvalue weighted by atomic mass is 16.2. The molecule has 0 atom stereocenters. The first kappa shape index (κ1) is 20.9. The third-order valence-electron chi connectivity index (χ3n) is 4.15. The van der Waals surface area contributed by atoms with Crippen molar-refractivity contribution in [1.29, 1.82) is 0 Å². The SMILES string of the molecule is CNC(=O)CCCNC(=O)c1c[nH]c(=O)c(C(=O)N(C)Cc2ccccc2)c1. The zero-order valence-corrected chi connectivity index (χ0v) is 16.0. The molecule has 3 amide bonds. The standard InChI is InChI=1S/C20H24N4O4/c1-21-17(25)9-6-10-22-18(26)15-11-16(19(27)23-12-15)20(28)24(2)13-14-7-4-3-5-8-14/h3-5,7-8,11-12H,6,9-10,13H2,1-2H3,(H,21,25)(H,22,26)(H,23,27). The van der Waals surface area contributed by atoms with E-state index >= 15 is 0 Å². The van der Waals surface area contributed by atoms with Gasteiger partial charge in [0.2, 0.25) is 5.91 Å². The van der Waals surface area contributed by atoms with Crippen molar-refractivity contribution >= 4 is 17.7 Å². The van der Waals surface area contributed by atoms with Crippen molar-refractivity contribution in [2.75, 3.05) is 20.6 Å². The van der Waals surface area contributed by atoms with Gasteiger partial charge in [0.1, 0.15) is 5.56 Å². The van der Waals surface area contributed by atoms with Gasteiger partial charge in [0.15, 0.2) is 0 Å². The molecule has 2 aromatic rings. The Morgan fingerprint density at radius 1 is 1.14 bits per heavy atom. The van der Waals surface area contributed by atoms with Gasteiger partial charge in [-0.3, -0.25) is 19.2 Å². The molecular weight excluding hydrogens is 360 g/mol. The Kier molecular flexibility index (Phi) is 7.50. The lowest BCUT2D eigenvalue weighted by molar-refractivity contribution is -0.120. The van der Waals surface area contributed by atoms with E-state index in [9.17, 15) is 19.2 Å². The summed E-state index contributed by atoms with van der Waals surface area (Å²) >= 11 is 0. The molecule has 8 heteroatoms. The summed E-state index contributed by atoms with van der Waals surface area (Å²) in [5.41, 5.74) is 0.452. The third-order valence-corrected chi connectivity index (χ3v) is 4.15. The summed E-state index contributed by atoms with van der Waals surface area (Å²) in [6.07, 6.45) is 2.06. The molecule has 148 valence electrons. The van der Waals surface area contributed by atoms with E-state index in [2.05, 4.69) is 15.6 Å². The zero-order valence-electron chi connectivity index (χ0n) is 16.0. The molecular formula is C20H24N4O4. The first-order valence-electron chi connectivity index (χ1n) is 8.93.